The normalized spacial score (nSPS) is 19.8. The number of nitrogens with zero attached hydrogens (tertiary/aromatic N) is 1. The Morgan fingerprint density at radius 1 is 1.33 bits per heavy atom. The average Bonchev–Trinajstić information content (AvgIpc) is 2.43. The third kappa shape index (κ3) is 4.53. The van der Waals surface area contributed by atoms with E-state index in [-0.39, 0.29) is 11.7 Å². The molecule has 0 aliphatic heterocycles. The van der Waals surface area contributed by atoms with Gasteiger partial charge < -0.3 is 5.32 Å². The van der Waals surface area contributed by atoms with Crippen LogP contribution in [-0.2, 0) is 4.79 Å². The van der Waals surface area contributed by atoms with Gasteiger partial charge in [0, 0.05) is 20.2 Å². The largest absolute Gasteiger partial charge is 0.337 e. The second kappa shape index (κ2) is 6.56. The van der Waals surface area contributed by atoms with Crippen molar-refractivity contribution in [2.75, 3.05) is 5.32 Å². The lowest BCUT2D eigenvalue weighted by molar-refractivity contribution is -0.119. The van der Waals surface area contributed by atoms with Gasteiger partial charge in [-0.1, -0.05) is 38.7 Å². The fourth-order valence-electron chi connectivity index (χ4n) is 2.56. The van der Waals surface area contributed by atoms with Gasteiger partial charge in [0.05, 0.1) is 5.70 Å². The average molecular weight is 302 g/mol. The first-order chi connectivity index (χ1) is 9.87. The number of rotatable bonds is 5. The topological polar surface area (TPSA) is 42.0 Å². The van der Waals surface area contributed by atoms with E-state index in [1.165, 1.54) is 11.6 Å². The quantitative estimate of drug-likeness (QED) is 0.816. The fourth-order valence-corrected chi connectivity index (χ4v) is 3.61. The lowest BCUT2D eigenvalue weighted by Gasteiger charge is -2.26. The molecule has 21 heavy (non-hydrogen) atoms. The van der Waals surface area contributed by atoms with E-state index in [0.717, 1.165) is 30.8 Å². The molecule has 0 saturated carbocycles. The molecule has 0 saturated heterocycles. The van der Waals surface area contributed by atoms with Crippen molar-refractivity contribution in [3.05, 3.63) is 35.7 Å². The van der Waals surface area contributed by atoms with Crippen LogP contribution >= 0.6 is 0 Å². The zero-order valence-electron chi connectivity index (χ0n) is 13.6. The van der Waals surface area contributed by atoms with Crippen LogP contribution in [0, 0.1) is 5.92 Å². The Labute approximate surface area is 128 Å². The molecular weight excluding hydrogens is 276 g/mol. The van der Waals surface area contributed by atoms with E-state index in [4.69, 9.17) is 0 Å². The van der Waals surface area contributed by atoms with Crippen molar-refractivity contribution >= 4 is 19.7 Å². The summed E-state index contributed by atoms with van der Waals surface area (Å²) in [5, 5.41) is 3.28. The molecule has 1 aliphatic rings. The van der Waals surface area contributed by atoms with Gasteiger partial charge >= 0.3 is 0 Å². The third-order valence-electron chi connectivity index (χ3n) is 4.02. The number of anilines is 1. The van der Waals surface area contributed by atoms with Crippen LogP contribution < -0.4 is 5.32 Å². The summed E-state index contributed by atoms with van der Waals surface area (Å²) in [6, 6.07) is 6.97. The van der Waals surface area contributed by atoms with Crippen LogP contribution in [0.1, 0.15) is 26.2 Å². The Morgan fingerprint density at radius 3 is 2.71 bits per heavy atom. The summed E-state index contributed by atoms with van der Waals surface area (Å²) in [6.07, 6.45) is 4.81. The smallest absolute Gasteiger partial charge is 0.181 e. The van der Waals surface area contributed by atoms with Crippen LogP contribution in [-0.4, -0.2) is 18.8 Å². The van der Waals surface area contributed by atoms with Gasteiger partial charge in [-0.15, -0.1) is 0 Å². The molecule has 0 aromatic carbocycles. The SMILES string of the molecule is CC1CCC(CC[Si](C)(C)C)=C(Nc2ccccn2)C1=O. The van der Waals surface area contributed by atoms with Crippen LogP contribution in [0.2, 0.25) is 25.7 Å². The Hall–Kier alpha value is -1.42. The predicted molar refractivity (Wildman–Crippen MR) is 91.1 cm³/mol. The minimum Gasteiger partial charge on any atom is -0.337 e. The standard InChI is InChI=1S/C17H26N2OSi/c1-13-8-9-14(10-12-21(2,3)4)16(17(13)20)19-15-7-5-6-11-18-15/h5-7,11,13H,8-10,12H2,1-4H3,(H,18,19). The Balaban J connectivity index is 2.22. The number of hydrogen-bond donors (Lipinski definition) is 1. The minimum absolute atomic E-state index is 0.117. The van der Waals surface area contributed by atoms with E-state index in [0.29, 0.717) is 0 Å². The van der Waals surface area contributed by atoms with Gasteiger partial charge in [-0.2, -0.15) is 0 Å². The molecule has 0 bridgehead atoms. The Morgan fingerprint density at radius 2 is 2.10 bits per heavy atom. The van der Waals surface area contributed by atoms with Crippen molar-refractivity contribution in [3.63, 3.8) is 0 Å². The molecule has 2 rings (SSSR count). The van der Waals surface area contributed by atoms with Crippen molar-refractivity contribution in [2.24, 2.45) is 5.92 Å². The summed E-state index contributed by atoms with van der Waals surface area (Å²) >= 11 is 0. The van der Waals surface area contributed by atoms with Crippen molar-refractivity contribution in [1.29, 1.82) is 0 Å². The molecule has 1 aliphatic carbocycles. The maximum absolute atomic E-state index is 12.5. The number of carbonyl (C=O) groups excluding carboxylic acids is 1. The van der Waals surface area contributed by atoms with E-state index in [1.54, 1.807) is 6.20 Å². The number of ketones is 1. The van der Waals surface area contributed by atoms with Crippen molar-refractivity contribution in [1.82, 2.24) is 4.98 Å². The molecule has 114 valence electrons. The summed E-state index contributed by atoms with van der Waals surface area (Å²) in [4.78, 5) is 16.8. The summed E-state index contributed by atoms with van der Waals surface area (Å²) < 4.78 is 0. The monoisotopic (exact) mass is 302 g/mol. The number of nitrogens with one attached hydrogen (secondary N) is 1. The highest BCUT2D eigenvalue weighted by Gasteiger charge is 2.27. The molecule has 1 N–H and O–H groups in total. The summed E-state index contributed by atoms with van der Waals surface area (Å²) in [7, 11) is -1.09. The molecule has 1 heterocycles. The minimum atomic E-state index is -1.09. The molecule has 0 spiro atoms. The van der Waals surface area contributed by atoms with Crippen LogP contribution in [0.5, 0.6) is 0 Å². The van der Waals surface area contributed by atoms with Crippen molar-refractivity contribution < 1.29 is 4.79 Å². The first kappa shape index (κ1) is 16.0. The van der Waals surface area contributed by atoms with Gasteiger partial charge in [0.25, 0.3) is 0 Å². The van der Waals surface area contributed by atoms with Crippen LogP contribution in [0.25, 0.3) is 0 Å². The van der Waals surface area contributed by atoms with Crippen LogP contribution in [0.15, 0.2) is 35.7 Å². The van der Waals surface area contributed by atoms with Crippen molar-refractivity contribution in [2.45, 2.75) is 51.9 Å². The Kier molecular flexibility index (Phi) is 4.98. The molecule has 3 nitrogen and oxygen atoms in total. The van der Waals surface area contributed by atoms with Crippen LogP contribution in [0.3, 0.4) is 0 Å². The van der Waals surface area contributed by atoms with Gasteiger partial charge in [0.15, 0.2) is 5.78 Å². The highest BCUT2D eigenvalue weighted by atomic mass is 28.3. The fraction of sp³-hybridized carbons (Fsp3) is 0.529. The second-order valence-electron chi connectivity index (χ2n) is 7.18. The summed E-state index contributed by atoms with van der Waals surface area (Å²) in [5.41, 5.74) is 2.11. The number of allylic oxidation sites excluding steroid dienone is 2. The van der Waals surface area contributed by atoms with E-state index >= 15 is 0 Å². The van der Waals surface area contributed by atoms with Crippen LogP contribution in [0.4, 0.5) is 5.82 Å². The van der Waals surface area contributed by atoms with Gasteiger partial charge in [-0.25, -0.2) is 4.98 Å². The molecule has 1 aromatic rings. The molecule has 4 heteroatoms. The maximum Gasteiger partial charge on any atom is 0.181 e. The van der Waals surface area contributed by atoms with Gasteiger partial charge in [-0.3, -0.25) is 4.79 Å². The number of pyridine rings is 1. The molecule has 1 atom stereocenters. The first-order valence-electron chi connectivity index (χ1n) is 7.81. The molecular formula is C17H26N2OSi. The van der Waals surface area contributed by atoms with E-state index in [1.807, 2.05) is 25.1 Å². The highest BCUT2D eigenvalue weighted by Crippen LogP contribution is 2.31. The molecule has 1 aromatic heterocycles. The number of hydrogen-bond acceptors (Lipinski definition) is 3. The number of carbonyl (C=O) groups is 1. The third-order valence-corrected chi connectivity index (χ3v) is 5.77. The van der Waals surface area contributed by atoms with E-state index < -0.39 is 8.07 Å². The van der Waals surface area contributed by atoms with Crippen molar-refractivity contribution in [3.8, 4) is 0 Å². The number of aromatic nitrogens is 1. The lowest BCUT2D eigenvalue weighted by Crippen LogP contribution is -2.27. The number of Topliss-reactive ketones (excluding diaryl/α,β-unsaturated/α-hetero) is 1. The Bertz CT molecular complexity index is 531. The molecule has 0 radical (unpaired) electrons. The predicted octanol–water partition coefficient (Wildman–Crippen LogP) is 4.47. The summed E-state index contributed by atoms with van der Waals surface area (Å²) in [6.45, 7) is 9.17. The van der Waals surface area contributed by atoms with E-state index in [2.05, 4.69) is 29.9 Å². The lowest BCUT2D eigenvalue weighted by atomic mass is 9.86. The second-order valence-corrected chi connectivity index (χ2v) is 12.8. The van der Waals surface area contributed by atoms with Gasteiger partial charge in [-0.05, 0) is 37.0 Å². The highest BCUT2D eigenvalue weighted by molar-refractivity contribution is 6.76. The zero-order chi connectivity index (χ0) is 15.5. The molecule has 1 unspecified atom stereocenters. The van der Waals surface area contributed by atoms with E-state index in [9.17, 15) is 4.79 Å². The van der Waals surface area contributed by atoms with Gasteiger partial charge in [0.1, 0.15) is 5.82 Å². The summed E-state index contributed by atoms with van der Waals surface area (Å²) in [5.74, 6) is 1.13. The molecule has 0 fully saturated rings. The maximum atomic E-state index is 12.5. The molecule has 0 amide bonds. The van der Waals surface area contributed by atoms with Gasteiger partial charge in [0.2, 0.25) is 0 Å². The zero-order valence-corrected chi connectivity index (χ0v) is 14.6. The first-order valence-corrected chi connectivity index (χ1v) is 11.5.